The molecule has 0 aliphatic heterocycles. The van der Waals surface area contributed by atoms with Crippen molar-refractivity contribution in [3.63, 3.8) is 0 Å². The van der Waals surface area contributed by atoms with E-state index in [1.165, 1.54) is 12.1 Å². The molecule has 34 heavy (non-hydrogen) atoms. The predicted octanol–water partition coefficient (Wildman–Crippen LogP) is 5.71. The molecule has 9 heteroatoms. The van der Waals surface area contributed by atoms with Crippen molar-refractivity contribution >= 4 is 13.3 Å². The Morgan fingerprint density at radius 3 is 2.47 bits per heavy atom. The molecule has 6 nitrogen and oxygen atoms in total. The normalized spacial score (nSPS) is 11.6. The summed E-state index contributed by atoms with van der Waals surface area (Å²) in [5.41, 5.74) is 3.49. The van der Waals surface area contributed by atoms with E-state index in [0.717, 1.165) is 36.0 Å². The van der Waals surface area contributed by atoms with Crippen LogP contribution < -0.4 is 10.6 Å². The zero-order chi connectivity index (χ0) is 24.4. The summed E-state index contributed by atoms with van der Waals surface area (Å²) in [7, 11) is -4.02. The first-order chi connectivity index (χ1) is 16.3. The number of hydrogen-bond acceptors (Lipinski definition) is 4. The number of hydrogen-bond donors (Lipinski definition) is 4. The average Bonchev–Trinajstić information content (AvgIpc) is 3.32. The summed E-state index contributed by atoms with van der Waals surface area (Å²) in [6.45, 7) is 1.27. The molecule has 4 N–H and O–H groups in total. The Bertz CT molecular complexity index is 1090. The Hall–Kier alpha value is -2.51. The van der Waals surface area contributed by atoms with Crippen LogP contribution in [0.2, 0.25) is 0 Å². The van der Waals surface area contributed by atoms with E-state index in [0.29, 0.717) is 37.2 Å². The van der Waals surface area contributed by atoms with Crippen LogP contribution in [0, 0.1) is 11.6 Å². The molecule has 2 aromatic carbocycles. The smallest absolute Gasteiger partial charge is 0.325 e. The van der Waals surface area contributed by atoms with Crippen LogP contribution in [-0.2, 0) is 17.5 Å². The van der Waals surface area contributed by atoms with Crippen LogP contribution in [0.4, 0.5) is 14.5 Å². The first-order valence-electron chi connectivity index (χ1n) is 11.4. The molecule has 0 saturated carbocycles. The van der Waals surface area contributed by atoms with Gasteiger partial charge in [-0.05, 0) is 62.1 Å². The zero-order valence-electron chi connectivity index (χ0n) is 19.0. The zero-order valence-corrected chi connectivity index (χ0v) is 19.9. The molecule has 0 spiro atoms. The molecule has 0 aliphatic carbocycles. The molecule has 0 saturated heterocycles. The van der Waals surface area contributed by atoms with E-state index in [1.807, 2.05) is 18.2 Å². The van der Waals surface area contributed by atoms with Gasteiger partial charge in [-0.3, -0.25) is 4.57 Å². The molecule has 0 amide bonds. The number of nitrogens with one attached hydrogen (secondary N) is 2. The Morgan fingerprint density at radius 1 is 0.912 bits per heavy atom. The van der Waals surface area contributed by atoms with Crippen LogP contribution >= 0.6 is 7.60 Å². The molecule has 0 radical (unpaired) electrons. The van der Waals surface area contributed by atoms with Crippen molar-refractivity contribution in [3.8, 4) is 11.1 Å². The Morgan fingerprint density at radius 2 is 1.74 bits per heavy atom. The van der Waals surface area contributed by atoms with E-state index in [9.17, 15) is 13.3 Å². The molecule has 0 fully saturated rings. The van der Waals surface area contributed by atoms with E-state index in [2.05, 4.69) is 10.6 Å². The number of halogens is 2. The van der Waals surface area contributed by atoms with E-state index >= 15 is 0 Å². The van der Waals surface area contributed by atoms with E-state index in [-0.39, 0.29) is 24.3 Å². The molecular weight excluding hydrogens is 461 g/mol. The average molecular weight is 493 g/mol. The van der Waals surface area contributed by atoms with Crippen molar-refractivity contribution in [3.05, 3.63) is 77.8 Å². The minimum Gasteiger partial charge on any atom is -0.472 e. The lowest BCUT2D eigenvalue weighted by Gasteiger charge is -2.15. The van der Waals surface area contributed by atoms with Gasteiger partial charge in [0.15, 0.2) is 0 Å². The number of anilines is 1. The highest BCUT2D eigenvalue weighted by molar-refractivity contribution is 7.51. The van der Waals surface area contributed by atoms with E-state index in [1.54, 1.807) is 24.7 Å². The molecule has 1 aromatic heterocycles. The molecule has 0 atom stereocenters. The van der Waals surface area contributed by atoms with Gasteiger partial charge in [-0.1, -0.05) is 24.6 Å². The van der Waals surface area contributed by atoms with Gasteiger partial charge in [0.25, 0.3) is 0 Å². The summed E-state index contributed by atoms with van der Waals surface area (Å²) < 4.78 is 44.6. The van der Waals surface area contributed by atoms with Gasteiger partial charge < -0.3 is 24.8 Å². The SMILES string of the molecule is O=P(O)(O)CCCNCc1cc(-c2ccoc2)c(NCCCCCc2ccccc2F)cc1F. The second-order valence-corrected chi connectivity index (χ2v) is 10.0. The van der Waals surface area contributed by atoms with Crippen LogP contribution in [0.5, 0.6) is 0 Å². The van der Waals surface area contributed by atoms with Crippen molar-refractivity contribution in [1.29, 1.82) is 0 Å². The van der Waals surface area contributed by atoms with Crippen LogP contribution in [0.1, 0.15) is 36.8 Å². The van der Waals surface area contributed by atoms with Crippen molar-refractivity contribution in [1.82, 2.24) is 5.32 Å². The Labute approximate surface area is 198 Å². The van der Waals surface area contributed by atoms with Gasteiger partial charge >= 0.3 is 7.60 Å². The highest BCUT2D eigenvalue weighted by atomic mass is 31.2. The summed E-state index contributed by atoms with van der Waals surface area (Å²) in [5.74, 6) is -0.533. The lowest BCUT2D eigenvalue weighted by Crippen LogP contribution is -2.17. The number of benzene rings is 2. The summed E-state index contributed by atoms with van der Waals surface area (Å²) in [6.07, 6.45) is 6.61. The first-order valence-corrected chi connectivity index (χ1v) is 13.2. The van der Waals surface area contributed by atoms with Gasteiger partial charge in [0.2, 0.25) is 0 Å². The van der Waals surface area contributed by atoms with E-state index in [4.69, 9.17) is 14.2 Å². The minimum absolute atomic E-state index is 0.169. The second-order valence-electron chi connectivity index (χ2n) is 8.25. The van der Waals surface area contributed by atoms with Gasteiger partial charge in [-0.25, -0.2) is 8.78 Å². The third-order valence-electron chi connectivity index (χ3n) is 5.53. The standard InChI is InChI=1S/C25H31F2N2O4P/c26-23-9-4-3-8-19(23)7-2-1-5-12-29-25-16-24(27)21(15-22(25)20-10-13-33-18-20)17-28-11-6-14-34(30,31)32/h3-4,8-10,13,15-16,18,28-29H,1-2,5-7,11-12,14,17H2,(H2,30,31,32). The number of aryl methyl sites for hydroxylation is 1. The van der Waals surface area contributed by atoms with Gasteiger partial charge in [0.05, 0.1) is 18.7 Å². The molecule has 3 rings (SSSR count). The summed E-state index contributed by atoms with van der Waals surface area (Å²) in [4.78, 5) is 17.8. The third kappa shape index (κ3) is 8.37. The monoisotopic (exact) mass is 492 g/mol. The van der Waals surface area contributed by atoms with Crippen LogP contribution in [0.3, 0.4) is 0 Å². The van der Waals surface area contributed by atoms with Gasteiger partial charge in [-0.2, -0.15) is 0 Å². The predicted molar refractivity (Wildman–Crippen MR) is 130 cm³/mol. The minimum atomic E-state index is -4.02. The fraction of sp³-hybridized carbons (Fsp3) is 0.360. The highest BCUT2D eigenvalue weighted by Crippen LogP contribution is 2.34. The van der Waals surface area contributed by atoms with Crippen molar-refractivity contribution < 1.29 is 27.5 Å². The molecule has 0 unspecified atom stereocenters. The molecule has 3 aromatic rings. The lowest BCUT2D eigenvalue weighted by molar-refractivity contribution is 0.371. The maximum Gasteiger partial charge on any atom is 0.325 e. The molecule has 0 bridgehead atoms. The maximum absolute atomic E-state index is 14.8. The van der Waals surface area contributed by atoms with Crippen LogP contribution in [-0.4, -0.2) is 29.0 Å². The molecule has 1 heterocycles. The lowest BCUT2D eigenvalue weighted by atomic mass is 10.0. The van der Waals surface area contributed by atoms with Crippen molar-refractivity contribution in [2.45, 2.75) is 38.6 Å². The number of furan rings is 1. The van der Waals surface area contributed by atoms with Crippen molar-refractivity contribution in [2.75, 3.05) is 24.6 Å². The summed E-state index contributed by atoms with van der Waals surface area (Å²) in [6, 6.07) is 11.8. The van der Waals surface area contributed by atoms with Gasteiger partial charge in [0, 0.05) is 35.5 Å². The highest BCUT2D eigenvalue weighted by Gasteiger charge is 2.14. The number of rotatable bonds is 14. The maximum atomic E-state index is 14.8. The summed E-state index contributed by atoms with van der Waals surface area (Å²) >= 11 is 0. The quantitative estimate of drug-likeness (QED) is 0.170. The van der Waals surface area contributed by atoms with Crippen LogP contribution in [0.25, 0.3) is 11.1 Å². The topological polar surface area (TPSA) is 94.7 Å². The molecule has 184 valence electrons. The van der Waals surface area contributed by atoms with Gasteiger partial charge in [0.1, 0.15) is 11.6 Å². The molecular formula is C25H31F2N2O4P. The first kappa shape index (κ1) is 26.1. The second kappa shape index (κ2) is 12.8. The fourth-order valence-electron chi connectivity index (χ4n) is 3.73. The Kier molecular flexibility index (Phi) is 9.84. The van der Waals surface area contributed by atoms with Gasteiger partial charge in [-0.15, -0.1) is 0 Å². The summed E-state index contributed by atoms with van der Waals surface area (Å²) in [5, 5.41) is 6.35. The van der Waals surface area contributed by atoms with Crippen LogP contribution in [0.15, 0.2) is 59.4 Å². The Balaban J connectivity index is 1.53. The fourth-order valence-corrected chi connectivity index (χ4v) is 4.30. The van der Waals surface area contributed by atoms with Crippen molar-refractivity contribution in [2.24, 2.45) is 0 Å². The third-order valence-corrected chi connectivity index (χ3v) is 6.43. The largest absolute Gasteiger partial charge is 0.472 e. The number of unbranched alkanes of at least 4 members (excludes halogenated alkanes) is 2. The van der Waals surface area contributed by atoms with E-state index < -0.39 is 7.60 Å². The molecule has 0 aliphatic rings.